The second-order valence-electron chi connectivity index (χ2n) is 12.1. The highest BCUT2D eigenvalue weighted by Gasteiger charge is 2.55. The number of nitrogens with zero attached hydrogens (tertiary/aromatic N) is 1. The maximum absolute atomic E-state index is 13.2. The summed E-state index contributed by atoms with van der Waals surface area (Å²) in [4.78, 5) is 0. The number of halogens is 7. The summed E-state index contributed by atoms with van der Waals surface area (Å²) >= 11 is 0. The van der Waals surface area contributed by atoms with Crippen molar-refractivity contribution in [2.45, 2.75) is 91.8 Å². The lowest BCUT2D eigenvalue weighted by molar-refractivity contribution is -0.902. The van der Waals surface area contributed by atoms with E-state index >= 15 is 0 Å². The van der Waals surface area contributed by atoms with Crippen molar-refractivity contribution in [3.05, 3.63) is 0 Å². The van der Waals surface area contributed by atoms with Crippen molar-refractivity contribution in [3.63, 3.8) is 0 Å². The van der Waals surface area contributed by atoms with Gasteiger partial charge in [-0.15, -0.1) is 0 Å². The Morgan fingerprint density at radius 2 is 0.844 bits per heavy atom. The van der Waals surface area contributed by atoms with Crippen LogP contribution in [0.4, 0.5) is 26.3 Å². The molecule has 32 heavy (non-hydrogen) atoms. The van der Waals surface area contributed by atoms with Gasteiger partial charge in [0.2, 0.25) is 0 Å². The van der Waals surface area contributed by atoms with E-state index in [0.29, 0.717) is 17.6 Å². The summed E-state index contributed by atoms with van der Waals surface area (Å²) < 4.78 is 79.4. The van der Waals surface area contributed by atoms with Gasteiger partial charge in [-0.1, -0.05) is 41.5 Å². The molecule has 0 rings (SSSR count). The lowest BCUT2D eigenvalue weighted by atomic mass is 9.74. The standard InChI is InChI=1S/C22H42F6NO2.ClH/c1-15(19(7,30)21(23,24)25)11-17(3,4)13-29(9,10)14-18(5,6)12-16(2)20(8,31)22(26,27)28;/h15-16,30-31H,11-14H2,1-10H3;1H/q+1;/p-1. The Kier molecular flexibility index (Phi) is 10.8. The summed E-state index contributed by atoms with van der Waals surface area (Å²) in [6.07, 6.45) is -9.22. The van der Waals surface area contributed by atoms with E-state index in [-0.39, 0.29) is 25.2 Å². The SMILES string of the molecule is CC(CC(C)(C)C[N+](C)(C)CC(C)(C)CC(C)C(C)(O)C(F)(F)F)C(C)(O)C(F)(F)F.[Cl-]. The number of alkyl halides is 6. The predicted molar refractivity (Wildman–Crippen MR) is 110 cm³/mol. The average molecular weight is 502 g/mol. The number of quaternary nitrogens is 1. The van der Waals surface area contributed by atoms with Crippen LogP contribution in [0.1, 0.15) is 68.2 Å². The Morgan fingerprint density at radius 1 is 0.625 bits per heavy atom. The summed E-state index contributed by atoms with van der Waals surface area (Å²) in [5.74, 6) is -2.06. The zero-order valence-electron chi connectivity index (χ0n) is 21.0. The molecule has 0 amide bonds. The van der Waals surface area contributed by atoms with Crippen LogP contribution in [0.3, 0.4) is 0 Å². The normalized spacial score (nSPS) is 20.1. The fraction of sp³-hybridized carbons (Fsp3) is 1.00. The van der Waals surface area contributed by atoms with E-state index in [2.05, 4.69) is 0 Å². The Hall–Kier alpha value is -0.250. The fourth-order valence-corrected chi connectivity index (χ4v) is 5.12. The molecule has 10 heteroatoms. The summed E-state index contributed by atoms with van der Waals surface area (Å²) in [5, 5.41) is 19.9. The molecular formula is C22H42ClF6NO2. The Labute approximate surface area is 195 Å². The Balaban J connectivity index is 0. The van der Waals surface area contributed by atoms with Gasteiger partial charge in [-0.3, -0.25) is 0 Å². The van der Waals surface area contributed by atoms with E-state index in [4.69, 9.17) is 0 Å². The first-order chi connectivity index (χ1) is 13.2. The molecule has 0 aliphatic carbocycles. The van der Waals surface area contributed by atoms with Crippen molar-refractivity contribution in [1.82, 2.24) is 0 Å². The van der Waals surface area contributed by atoms with E-state index in [1.54, 1.807) is 0 Å². The van der Waals surface area contributed by atoms with Gasteiger partial charge in [0.05, 0.1) is 27.2 Å². The zero-order chi connectivity index (χ0) is 25.5. The minimum Gasteiger partial charge on any atom is -1.00 e. The molecule has 0 spiro atoms. The van der Waals surface area contributed by atoms with Crippen LogP contribution < -0.4 is 12.4 Å². The second-order valence-corrected chi connectivity index (χ2v) is 12.1. The second kappa shape index (κ2) is 10.2. The van der Waals surface area contributed by atoms with Gasteiger partial charge in [0, 0.05) is 10.8 Å². The maximum Gasteiger partial charge on any atom is 0.417 e. The van der Waals surface area contributed by atoms with Crippen molar-refractivity contribution in [2.24, 2.45) is 22.7 Å². The third kappa shape index (κ3) is 9.18. The number of hydrogen-bond acceptors (Lipinski definition) is 2. The predicted octanol–water partition coefficient (Wildman–Crippen LogP) is 2.80. The minimum atomic E-state index is -4.74. The molecule has 0 aliphatic rings. The maximum atomic E-state index is 13.2. The van der Waals surface area contributed by atoms with Crippen LogP contribution in [-0.4, -0.2) is 65.4 Å². The topological polar surface area (TPSA) is 40.5 Å². The first kappa shape index (κ1) is 33.9. The molecule has 3 nitrogen and oxygen atoms in total. The molecular weight excluding hydrogens is 460 g/mol. The first-order valence-electron chi connectivity index (χ1n) is 10.6. The summed E-state index contributed by atoms with van der Waals surface area (Å²) in [7, 11) is 3.78. The van der Waals surface area contributed by atoms with Crippen LogP contribution in [0, 0.1) is 22.7 Å². The Morgan fingerprint density at radius 3 is 1.03 bits per heavy atom. The molecule has 0 bridgehead atoms. The fourth-order valence-electron chi connectivity index (χ4n) is 5.12. The van der Waals surface area contributed by atoms with Gasteiger partial charge in [0.15, 0.2) is 11.2 Å². The van der Waals surface area contributed by atoms with Crippen LogP contribution in [-0.2, 0) is 0 Å². The molecule has 0 aliphatic heterocycles. The molecule has 0 aromatic heterocycles. The highest BCUT2D eigenvalue weighted by atomic mass is 35.5. The van der Waals surface area contributed by atoms with Crippen LogP contribution in [0.25, 0.3) is 0 Å². The molecule has 0 saturated carbocycles. The van der Waals surface area contributed by atoms with Crippen molar-refractivity contribution in [3.8, 4) is 0 Å². The van der Waals surface area contributed by atoms with Gasteiger partial charge in [-0.2, -0.15) is 26.3 Å². The molecule has 0 heterocycles. The largest absolute Gasteiger partial charge is 1.00 e. The van der Waals surface area contributed by atoms with Crippen molar-refractivity contribution < 1.29 is 53.4 Å². The molecule has 0 radical (unpaired) electrons. The van der Waals surface area contributed by atoms with E-state index in [1.165, 1.54) is 13.8 Å². The van der Waals surface area contributed by atoms with Crippen molar-refractivity contribution in [2.75, 3.05) is 27.2 Å². The first-order valence-corrected chi connectivity index (χ1v) is 10.6. The van der Waals surface area contributed by atoms with Crippen molar-refractivity contribution in [1.29, 1.82) is 0 Å². The van der Waals surface area contributed by atoms with Crippen LogP contribution in [0.5, 0.6) is 0 Å². The molecule has 0 saturated heterocycles. The summed E-state index contributed by atoms with van der Waals surface area (Å²) in [6, 6.07) is 0. The van der Waals surface area contributed by atoms with Gasteiger partial charge in [0.25, 0.3) is 0 Å². The molecule has 0 fully saturated rings. The zero-order valence-corrected chi connectivity index (χ0v) is 21.7. The molecule has 0 aromatic carbocycles. The highest BCUT2D eigenvalue weighted by Crippen LogP contribution is 2.43. The molecule has 196 valence electrons. The highest BCUT2D eigenvalue weighted by molar-refractivity contribution is 4.91. The average Bonchev–Trinajstić information content (AvgIpc) is 2.40. The molecule has 4 unspecified atom stereocenters. The van der Waals surface area contributed by atoms with Gasteiger partial charge in [-0.05, 0) is 38.5 Å². The smallest absolute Gasteiger partial charge is 0.417 e. The monoisotopic (exact) mass is 501 g/mol. The summed E-state index contributed by atoms with van der Waals surface area (Å²) in [5.41, 5.74) is -6.73. The number of hydrogen-bond donors (Lipinski definition) is 2. The van der Waals surface area contributed by atoms with Gasteiger partial charge in [-0.25, -0.2) is 0 Å². The van der Waals surface area contributed by atoms with Gasteiger partial charge < -0.3 is 27.1 Å². The third-order valence-corrected chi connectivity index (χ3v) is 6.50. The van der Waals surface area contributed by atoms with Crippen LogP contribution in [0.2, 0.25) is 0 Å². The van der Waals surface area contributed by atoms with Gasteiger partial charge >= 0.3 is 12.4 Å². The van der Waals surface area contributed by atoms with Crippen LogP contribution in [0.15, 0.2) is 0 Å². The lowest BCUT2D eigenvalue weighted by Gasteiger charge is -2.45. The minimum absolute atomic E-state index is 0. The van der Waals surface area contributed by atoms with Crippen LogP contribution >= 0.6 is 0 Å². The van der Waals surface area contributed by atoms with E-state index < -0.39 is 46.2 Å². The summed E-state index contributed by atoms with van der Waals surface area (Å²) in [6.45, 7) is 12.6. The number of rotatable bonds is 10. The Bertz CT molecular complexity index is 548. The van der Waals surface area contributed by atoms with E-state index in [1.807, 2.05) is 41.8 Å². The third-order valence-electron chi connectivity index (χ3n) is 6.50. The van der Waals surface area contributed by atoms with E-state index in [0.717, 1.165) is 13.8 Å². The van der Waals surface area contributed by atoms with E-state index in [9.17, 15) is 36.6 Å². The lowest BCUT2D eigenvalue weighted by Crippen LogP contribution is -3.00. The van der Waals surface area contributed by atoms with Gasteiger partial charge in [0.1, 0.15) is 0 Å². The molecule has 2 N–H and O–H groups in total. The van der Waals surface area contributed by atoms with Crippen molar-refractivity contribution >= 4 is 0 Å². The molecule has 0 aromatic rings. The molecule has 4 atom stereocenters. The number of aliphatic hydroxyl groups is 2. The quantitative estimate of drug-likeness (QED) is 0.357.